The number of alkyl carbamates (subject to hydrolysis) is 2. The molecule has 8 rings (SSSR count). The molecule has 0 radical (unpaired) electrons. The minimum atomic E-state index is -1.91. The van der Waals surface area contributed by atoms with Crippen LogP contribution in [-0.2, 0) is 19.1 Å². The molecule has 2 unspecified atom stereocenters. The number of benzene rings is 3. The summed E-state index contributed by atoms with van der Waals surface area (Å²) in [5.74, 6) is -0.917. The van der Waals surface area contributed by atoms with E-state index in [0.717, 1.165) is 50.3 Å². The number of nitrogens with zero attached hydrogens (tertiary/aromatic N) is 5. The zero-order chi connectivity index (χ0) is 42.7. The number of imidazole rings is 2. The highest BCUT2D eigenvalue weighted by molar-refractivity contribution is 6.07. The van der Waals surface area contributed by atoms with Crippen LogP contribution in [0.4, 0.5) is 9.59 Å². The van der Waals surface area contributed by atoms with Gasteiger partial charge in [-0.3, -0.25) is 9.59 Å². The third kappa shape index (κ3) is 7.02. The molecule has 2 saturated heterocycles. The van der Waals surface area contributed by atoms with E-state index in [4.69, 9.17) is 27.2 Å². The Hall–Kier alpha value is -6.25. The number of carbonyl (C=O) groups excluding carboxylic acids is 4. The summed E-state index contributed by atoms with van der Waals surface area (Å²) < 4.78 is 27.3. The SMILES string of the molecule is [2H]C(NC(=O)OC)(C(=O)N1CCC[C@H]1c1nc2ccc3cc(-c4ccc5c(ccc6[nH]c([C@@H]7CCCN7C(=O)C([2H])(NC(=O)OC)C(C)C)nc65)c4)[nH]cc3c2n1)C(C)C. The Bertz CT molecular complexity index is 2500. The van der Waals surface area contributed by atoms with Crippen LogP contribution in [0.3, 0.4) is 0 Å². The van der Waals surface area contributed by atoms with E-state index in [1.807, 2.05) is 42.6 Å². The van der Waals surface area contributed by atoms with Gasteiger partial charge in [0.15, 0.2) is 5.82 Å². The Balaban J connectivity index is 1.06. The molecule has 15 heteroatoms. The van der Waals surface area contributed by atoms with E-state index in [0.29, 0.717) is 55.0 Å². The van der Waals surface area contributed by atoms with E-state index in [1.54, 1.807) is 37.5 Å². The van der Waals surface area contributed by atoms with Gasteiger partial charge in [0, 0.05) is 35.8 Å². The summed E-state index contributed by atoms with van der Waals surface area (Å²) in [7, 11) is 2.41. The number of ether oxygens (including phenoxy) is 2. The second kappa shape index (κ2) is 15.6. The second-order valence-electron chi connectivity index (χ2n) is 15.6. The standard InChI is InChI=1S/C43H49N9O6/c1-22(2)34(49-42(55)57-5)40(53)51-17-7-9-32(51)38-45-29-15-12-24-19-26(11-14-27(24)36(29)47-38)31-20-25-13-16-30-37(28(25)21-44-31)48-39(46-30)33-10-8-18-52(33)41(54)35(23(3)4)50-43(56)58-6/h11-16,19-23,32-35,44H,7-10,17-18H2,1-6H3,(H,45,47)(H,49,55)(H,50,56)/t32-,33-,34?,35?/m0/s1/i34D,35D. The summed E-state index contributed by atoms with van der Waals surface area (Å²) in [4.78, 5) is 76.9. The van der Waals surface area contributed by atoms with Gasteiger partial charge < -0.3 is 39.9 Å². The molecule has 0 spiro atoms. The molecule has 302 valence electrons. The van der Waals surface area contributed by atoms with Crippen molar-refractivity contribution in [3.63, 3.8) is 0 Å². The van der Waals surface area contributed by atoms with Gasteiger partial charge in [0.25, 0.3) is 0 Å². The summed E-state index contributed by atoms with van der Waals surface area (Å²) in [6.45, 7) is 7.73. The first-order chi connectivity index (χ1) is 28.7. The topological polar surface area (TPSA) is 188 Å². The van der Waals surface area contributed by atoms with E-state index in [-0.39, 0.29) is 6.04 Å². The highest BCUT2D eigenvalue weighted by atomic mass is 16.5. The Labute approximate surface area is 338 Å². The number of hydrogen-bond donors (Lipinski definition) is 4. The Kier molecular flexibility index (Phi) is 9.71. The number of rotatable bonds is 9. The number of aromatic nitrogens is 5. The van der Waals surface area contributed by atoms with Crippen molar-refractivity contribution in [3.05, 3.63) is 66.4 Å². The lowest BCUT2D eigenvalue weighted by Gasteiger charge is -2.29. The number of carbonyl (C=O) groups is 4. The van der Waals surface area contributed by atoms with Gasteiger partial charge in [-0.05, 0) is 78.1 Å². The molecular formula is C43H49N9O6. The molecule has 2 aliphatic rings. The molecule has 4 atom stereocenters. The predicted octanol–water partition coefficient (Wildman–Crippen LogP) is 6.90. The van der Waals surface area contributed by atoms with E-state index >= 15 is 0 Å². The fourth-order valence-corrected chi connectivity index (χ4v) is 8.26. The number of aromatic amines is 2. The van der Waals surface area contributed by atoms with Crippen molar-refractivity contribution in [3.8, 4) is 11.3 Å². The fraction of sp³-hybridized carbons (Fsp3) is 0.419. The molecule has 4 N–H and O–H groups in total. The molecule has 0 aliphatic carbocycles. The van der Waals surface area contributed by atoms with Crippen LogP contribution >= 0.6 is 0 Å². The molecule has 2 aliphatic heterocycles. The lowest BCUT2D eigenvalue weighted by atomic mass is 10.0. The second-order valence-corrected chi connectivity index (χ2v) is 15.6. The van der Waals surface area contributed by atoms with Crippen molar-refractivity contribution in [2.45, 2.75) is 77.5 Å². The van der Waals surface area contributed by atoms with Crippen LogP contribution in [0.2, 0.25) is 0 Å². The minimum absolute atomic E-state index is 0.383. The van der Waals surface area contributed by atoms with E-state index in [2.05, 4.69) is 32.7 Å². The van der Waals surface area contributed by atoms with Crippen molar-refractivity contribution in [1.82, 2.24) is 45.4 Å². The van der Waals surface area contributed by atoms with Crippen LogP contribution in [-0.4, -0.2) is 98.1 Å². The van der Waals surface area contributed by atoms with Gasteiger partial charge in [0.2, 0.25) is 11.8 Å². The molecule has 0 bridgehead atoms. The summed E-state index contributed by atoms with van der Waals surface area (Å²) in [6.07, 6.45) is 3.01. The van der Waals surface area contributed by atoms with E-state index < -0.39 is 53.9 Å². The summed E-state index contributed by atoms with van der Waals surface area (Å²) in [5, 5.41) is 8.64. The number of nitrogens with one attached hydrogen (secondary N) is 4. The molecule has 3 aromatic carbocycles. The van der Waals surface area contributed by atoms with Crippen LogP contribution in [0.5, 0.6) is 0 Å². The monoisotopic (exact) mass is 789 g/mol. The number of hydrogen-bond acceptors (Lipinski definition) is 9. The van der Waals surface area contributed by atoms with Gasteiger partial charge in [-0.1, -0.05) is 52.0 Å². The molecule has 3 aromatic heterocycles. The van der Waals surface area contributed by atoms with Crippen LogP contribution in [0.25, 0.3) is 54.9 Å². The van der Waals surface area contributed by atoms with Gasteiger partial charge in [-0.2, -0.15) is 0 Å². The summed E-state index contributed by atoms with van der Waals surface area (Å²) in [6, 6.07) is 11.6. The van der Waals surface area contributed by atoms with Crippen molar-refractivity contribution in [2.24, 2.45) is 11.8 Å². The van der Waals surface area contributed by atoms with Gasteiger partial charge in [0.05, 0.1) is 45.6 Å². The van der Waals surface area contributed by atoms with Crippen molar-refractivity contribution < 1.29 is 31.4 Å². The number of H-pyrrole nitrogens is 2. The van der Waals surface area contributed by atoms with Crippen molar-refractivity contribution >= 4 is 67.6 Å². The third-order valence-corrected chi connectivity index (χ3v) is 11.3. The Morgan fingerprint density at radius 1 is 0.759 bits per heavy atom. The van der Waals surface area contributed by atoms with E-state index in [9.17, 15) is 19.2 Å². The summed E-state index contributed by atoms with van der Waals surface area (Å²) in [5.41, 5.74) is 4.86. The van der Waals surface area contributed by atoms with Gasteiger partial charge in [0.1, 0.15) is 23.4 Å². The number of methoxy groups -OCH3 is 2. The fourth-order valence-electron chi connectivity index (χ4n) is 8.26. The van der Waals surface area contributed by atoms with Crippen LogP contribution in [0.1, 0.15) is 79.9 Å². The first-order valence-corrected chi connectivity index (χ1v) is 19.7. The lowest BCUT2D eigenvalue weighted by Crippen LogP contribution is -2.51. The quantitative estimate of drug-likeness (QED) is 0.121. The van der Waals surface area contributed by atoms with Crippen LogP contribution < -0.4 is 10.6 Å². The minimum Gasteiger partial charge on any atom is -0.453 e. The molecule has 15 nitrogen and oxygen atoms in total. The first kappa shape index (κ1) is 36.1. The largest absolute Gasteiger partial charge is 0.453 e. The van der Waals surface area contributed by atoms with E-state index in [1.165, 1.54) is 14.2 Å². The maximum Gasteiger partial charge on any atom is 0.407 e. The molecule has 58 heavy (non-hydrogen) atoms. The first-order valence-electron chi connectivity index (χ1n) is 20.7. The van der Waals surface area contributed by atoms with Gasteiger partial charge >= 0.3 is 12.2 Å². The molecule has 6 aromatic rings. The number of pyridine rings is 1. The molecule has 5 heterocycles. The van der Waals surface area contributed by atoms with Crippen LogP contribution in [0.15, 0.2) is 54.7 Å². The average Bonchev–Trinajstić information content (AvgIpc) is 4.08. The van der Waals surface area contributed by atoms with Crippen LogP contribution in [0, 0.1) is 11.8 Å². The molecular weight excluding hydrogens is 739 g/mol. The number of amides is 4. The third-order valence-electron chi connectivity index (χ3n) is 11.3. The molecule has 4 amide bonds. The highest BCUT2D eigenvalue weighted by Gasteiger charge is 2.39. The normalized spacial score (nSPS) is 19.7. The zero-order valence-electron chi connectivity index (χ0n) is 35.4. The molecule has 0 saturated carbocycles. The highest BCUT2D eigenvalue weighted by Crippen LogP contribution is 2.37. The maximum absolute atomic E-state index is 13.8. The Morgan fingerprint density at radius 2 is 1.38 bits per heavy atom. The van der Waals surface area contributed by atoms with Gasteiger partial charge in [-0.15, -0.1) is 0 Å². The predicted molar refractivity (Wildman–Crippen MR) is 220 cm³/mol. The maximum atomic E-state index is 13.8. The summed E-state index contributed by atoms with van der Waals surface area (Å²) >= 11 is 0. The van der Waals surface area contributed by atoms with Crippen molar-refractivity contribution in [1.29, 1.82) is 0 Å². The number of likely N-dealkylation sites (tertiary alicyclic amines) is 2. The zero-order valence-corrected chi connectivity index (χ0v) is 33.4. The van der Waals surface area contributed by atoms with Crippen molar-refractivity contribution in [2.75, 3.05) is 27.3 Å². The smallest absolute Gasteiger partial charge is 0.407 e. The number of fused-ring (bicyclic) bond motifs is 6. The lowest BCUT2D eigenvalue weighted by molar-refractivity contribution is -0.136. The Morgan fingerprint density at radius 3 is 2.03 bits per heavy atom. The molecule has 2 fully saturated rings. The van der Waals surface area contributed by atoms with Gasteiger partial charge in [-0.25, -0.2) is 24.5 Å². The average molecular weight is 790 g/mol.